The summed E-state index contributed by atoms with van der Waals surface area (Å²) < 4.78 is 0. The lowest BCUT2D eigenvalue weighted by Crippen LogP contribution is -2.38. The van der Waals surface area contributed by atoms with E-state index < -0.39 is 0 Å². The van der Waals surface area contributed by atoms with E-state index in [0.29, 0.717) is 19.5 Å². The Bertz CT molecular complexity index is 462. The summed E-state index contributed by atoms with van der Waals surface area (Å²) in [4.78, 5) is 13.7. The molecule has 1 unspecified atom stereocenters. The molecule has 0 aromatic heterocycles. The minimum atomic E-state index is -0.0874. The normalized spacial score (nSPS) is 20.1. The molecule has 0 bridgehead atoms. The predicted molar refractivity (Wildman–Crippen MR) is 64.9 cm³/mol. The molecule has 0 aliphatic carbocycles. The molecule has 1 saturated heterocycles. The van der Waals surface area contributed by atoms with Crippen LogP contribution < -0.4 is 0 Å². The molecule has 0 N–H and O–H groups in total. The second-order valence-corrected chi connectivity index (χ2v) is 4.56. The maximum atomic E-state index is 11.9. The van der Waals surface area contributed by atoms with Gasteiger partial charge in [-0.05, 0) is 24.5 Å². The third-order valence-electron chi connectivity index (χ3n) is 3.33. The standard InChI is InChI=1S/C14H16N2O/c1-11-4-2-3-5-13(11)10-16-7-6-12(9-15)8-14(16)17/h2-5,12H,6-8,10H2,1H3. The molecule has 1 fully saturated rings. The third-order valence-corrected chi connectivity index (χ3v) is 3.33. The maximum Gasteiger partial charge on any atom is 0.224 e. The number of rotatable bonds is 2. The van der Waals surface area contributed by atoms with E-state index in [1.807, 2.05) is 17.0 Å². The van der Waals surface area contributed by atoms with E-state index in [2.05, 4.69) is 25.1 Å². The first-order chi connectivity index (χ1) is 8.20. The first kappa shape index (κ1) is 11.7. The number of likely N-dealkylation sites (tertiary alicyclic amines) is 1. The van der Waals surface area contributed by atoms with Gasteiger partial charge in [0.1, 0.15) is 0 Å². The monoisotopic (exact) mass is 228 g/mol. The van der Waals surface area contributed by atoms with E-state index in [1.165, 1.54) is 11.1 Å². The molecule has 1 aliphatic rings. The molecule has 1 aromatic carbocycles. The summed E-state index contributed by atoms with van der Waals surface area (Å²) in [5.74, 6) is 0.0154. The van der Waals surface area contributed by atoms with Crippen molar-refractivity contribution in [3.8, 4) is 6.07 Å². The molecule has 17 heavy (non-hydrogen) atoms. The van der Waals surface area contributed by atoms with Gasteiger partial charge in [0.15, 0.2) is 0 Å². The molecule has 1 amide bonds. The fourth-order valence-corrected chi connectivity index (χ4v) is 2.15. The Balaban J connectivity index is 2.04. The number of amides is 1. The fourth-order valence-electron chi connectivity index (χ4n) is 2.15. The van der Waals surface area contributed by atoms with Gasteiger partial charge in [0.25, 0.3) is 0 Å². The van der Waals surface area contributed by atoms with Crippen LogP contribution in [0.1, 0.15) is 24.0 Å². The lowest BCUT2D eigenvalue weighted by Gasteiger charge is -2.29. The largest absolute Gasteiger partial charge is 0.338 e. The summed E-state index contributed by atoms with van der Waals surface area (Å²) in [6.07, 6.45) is 1.18. The minimum absolute atomic E-state index is 0.0874. The van der Waals surface area contributed by atoms with Crippen LogP contribution in [0.4, 0.5) is 0 Å². The van der Waals surface area contributed by atoms with Gasteiger partial charge in [-0.15, -0.1) is 0 Å². The fraction of sp³-hybridized carbons (Fsp3) is 0.429. The van der Waals surface area contributed by atoms with Crippen LogP contribution >= 0.6 is 0 Å². The number of carbonyl (C=O) groups excluding carboxylic acids is 1. The molecule has 1 aromatic rings. The first-order valence-corrected chi connectivity index (χ1v) is 5.92. The number of nitriles is 1. The number of piperidine rings is 1. The Hall–Kier alpha value is -1.82. The highest BCUT2D eigenvalue weighted by Gasteiger charge is 2.25. The smallest absolute Gasteiger partial charge is 0.224 e. The molecule has 2 rings (SSSR count). The number of benzene rings is 1. The molecular formula is C14H16N2O. The van der Waals surface area contributed by atoms with Crippen molar-refractivity contribution in [2.75, 3.05) is 6.54 Å². The van der Waals surface area contributed by atoms with Crippen LogP contribution in [0.5, 0.6) is 0 Å². The lowest BCUT2D eigenvalue weighted by atomic mass is 9.97. The van der Waals surface area contributed by atoms with E-state index >= 15 is 0 Å². The van der Waals surface area contributed by atoms with E-state index in [1.54, 1.807) is 0 Å². The summed E-state index contributed by atoms with van der Waals surface area (Å²) in [5, 5.41) is 8.81. The molecule has 88 valence electrons. The second kappa shape index (κ2) is 5.01. The zero-order valence-corrected chi connectivity index (χ0v) is 10.0. The number of hydrogen-bond acceptors (Lipinski definition) is 2. The Labute approximate surface area is 102 Å². The van der Waals surface area contributed by atoms with Crippen LogP contribution in [0.15, 0.2) is 24.3 Å². The summed E-state index contributed by atoms with van der Waals surface area (Å²) in [6.45, 7) is 3.43. The molecular weight excluding hydrogens is 212 g/mol. The van der Waals surface area contributed by atoms with Crippen molar-refractivity contribution in [1.29, 1.82) is 5.26 Å². The molecule has 1 aliphatic heterocycles. The van der Waals surface area contributed by atoms with Gasteiger partial charge < -0.3 is 4.90 Å². The highest BCUT2D eigenvalue weighted by molar-refractivity contribution is 5.77. The van der Waals surface area contributed by atoms with Gasteiger partial charge in [-0.2, -0.15) is 5.26 Å². The van der Waals surface area contributed by atoms with E-state index in [9.17, 15) is 4.79 Å². The molecule has 1 heterocycles. The van der Waals surface area contributed by atoms with Crippen LogP contribution in [-0.4, -0.2) is 17.4 Å². The van der Waals surface area contributed by atoms with Gasteiger partial charge in [0.05, 0.1) is 12.0 Å². The lowest BCUT2D eigenvalue weighted by molar-refractivity contribution is -0.134. The Morgan fingerprint density at radius 2 is 2.24 bits per heavy atom. The van der Waals surface area contributed by atoms with Crippen molar-refractivity contribution >= 4 is 5.91 Å². The summed E-state index contributed by atoms with van der Waals surface area (Å²) in [7, 11) is 0. The van der Waals surface area contributed by atoms with Gasteiger partial charge >= 0.3 is 0 Å². The highest BCUT2D eigenvalue weighted by Crippen LogP contribution is 2.20. The predicted octanol–water partition coefficient (Wildman–Crippen LogP) is 2.26. The average Bonchev–Trinajstić information content (AvgIpc) is 2.34. The first-order valence-electron chi connectivity index (χ1n) is 5.92. The van der Waals surface area contributed by atoms with Crippen molar-refractivity contribution in [2.45, 2.75) is 26.3 Å². The summed E-state index contributed by atoms with van der Waals surface area (Å²) in [6, 6.07) is 10.3. The van der Waals surface area contributed by atoms with Crippen molar-refractivity contribution in [3.63, 3.8) is 0 Å². The molecule has 0 spiro atoms. The van der Waals surface area contributed by atoms with Gasteiger partial charge in [0, 0.05) is 19.5 Å². The molecule has 0 saturated carbocycles. The van der Waals surface area contributed by atoms with E-state index in [4.69, 9.17) is 5.26 Å². The Morgan fingerprint density at radius 1 is 1.47 bits per heavy atom. The Kier molecular flexibility index (Phi) is 3.43. The topological polar surface area (TPSA) is 44.1 Å². The number of hydrogen-bond donors (Lipinski definition) is 0. The van der Waals surface area contributed by atoms with Crippen LogP contribution in [0.2, 0.25) is 0 Å². The van der Waals surface area contributed by atoms with Crippen molar-refractivity contribution < 1.29 is 4.79 Å². The van der Waals surface area contributed by atoms with Gasteiger partial charge in [-0.25, -0.2) is 0 Å². The van der Waals surface area contributed by atoms with Crippen molar-refractivity contribution in [1.82, 2.24) is 4.90 Å². The SMILES string of the molecule is Cc1ccccc1CN1CCC(C#N)CC1=O. The van der Waals surface area contributed by atoms with Crippen LogP contribution in [0.25, 0.3) is 0 Å². The third kappa shape index (κ3) is 2.65. The molecule has 3 nitrogen and oxygen atoms in total. The van der Waals surface area contributed by atoms with Crippen LogP contribution in [0.3, 0.4) is 0 Å². The second-order valence-electron chi connectivity index (χ2n) is 4.56. The van der Waals surface area contributed by atoms with Gasteiger partial charge in [-0.3, -0.25) is 4.79 Å². The quantitative estimate of drug-likeness (QED) is 0.779. The molecule has 0 radical (unpaired) electrons. The molecule has 1 atom stereocenters. The average molecular weight is 228 g/mol. The van der Waals surface area contributed by atoms with Gasteiger partial charge in [-0.1, -0.05) is 24.3 Å². The maximum absolute atomic E-state index is 11.9. The van der Waals surface area contributed by atoms with Gasteiger partial charge in [0.2, 0.25) is 5.91 Å². The van der Waals surface area contributed by atoms with Crippen LogP contribution in [0, 0.1) is 24.2 Å². The number of carbonyl (C=O) groups is 1. The van der Waals surface area contributed by atoms with Crippen molar-refractivity contribution in [3.05, 3.63) is 35.4 Å². The summed E-state index contributed by atoms with van der Waals surface area (Å²) >= 11 is 0. The Morgan fingerprint density at radius 3 is 2.88 bits per heavy atom. The van der Waals surface area contributed by atoms with Crippen molar-refractivity contribution in [2.24, 2.45) is 5.92 Å². The van der Waals surface area contributed by atoms with E-state index in [-0.39, 0.29) is 11.8 Å². The molecule has 3 heteroatoms. The number of aryl methyl sites for hydroxylation is 1. The zero-order chi connectivity index (χ0) is 12.3. The van der Waals surface area contributed by atoms with Crippen LogP contribution in [-0.2, 0) is 11.3 Å². The summed E-state index contributed by atoms with van der Waals surface area (Å²) in [5.41, 5.74) is 2.40. The number of nitrogens with zero attached hydrogens (tertiary/aromatic N) is 2. The van der Waals surface area contributed by atoms with E-state index in [0.717, 1.165) is 6.42 Å². The minimum Gasteiger partial charge on any atom is -0.338 e. The zero-order valence-electron chi connectivity index (χ0n) is 10.0. The highest BCUT2D eigenvalue weighted by atomic mass is 16.2.